The van der Waals surface area contributed by atoms with E-state index >= 15 is 0 Å². The van der Waals surface area contributed by atoms with E-state index in [4.69, 9.17) is 23.1 Å². The van der Waals surface area contributed by atoms with E-state index in [0.717, 1.165) is 11.3 Å². The Balaban J connectivity index is 2.37. The number of carbonyl (C=O) groups is 1. The van der Waals surface area contributed by atoms with Crippen LogP contribution in [0.5, 0.6) is 0 Å². The van der Waals surface area contributed by atoms with Crippen molar-refractivity contribution < 1.29 is 4.79 Å². The average molecular weight is 276 g/mol. The van der Waals surface area contributed by atoms with Gasteiger partial charge in [0, 0.05) is 16.4 Å². The van der Waals surface area contributed by atoms with E-state index in [1.165, 1.54) is 0 Å². The van der Waals surface area contributed by atoms with Crippen molar-refractivity contribution in [3.05, 3.63) is 52.5 Å². The van der Waals surface area contributed by atoms with Gasteiger partial charge in [-0.2, -0.15) is 0 Å². The molecule has 0 bridgehead atoms. The van der Waals surface area contributed by atoms with Gasteiger partial charge < -0.3 is 16.8 Å². The third kappa shape index (κ3) is 2.98. The van der Waals surface area contributed by atoms with E-state index in [2.05, 4.69) is 5.32 Å². The van der Waals surface area contributed by atoms with Gasteiger partial charge in [0.2, 0.25) is 0 Å². The number of benzene rings is 2. The second-order valence-corrected chi connectivity index (χ2v) is 4.67. The molecule has 0 unspecified atom stereocenters. The molecule has 0 heterocycles. The van der Waals surface area contributed by atoms with Crippen molar-refractivity contribution in [1.29, 1.82) is 0 Å². The van der Waals surface area contributed by atoms with Crippen LogP contribution in [-0.2, 0) is 0 Å². The second kappa shape index (κ2) is 5.20. The zero-order chi connectivity index (χ0) is 14.0. The number of primary amides is 1. The summed E-state index contributed by atoms with van der Waals surface area (Å²) >= 11 is 6.06. The van der Waals surface area contributed by atoms with Crippen LogP contribution < -0.4 is 16.8 Å². The first-order valence-electron chi connectivity index (χ1n) is 5.70. The van der Waals surface area contributed by atoms with Crippen molar-refractivity contribution in [2.24, 2.45) is 5.73 Å². The molecule has 5 N–H and O–H groups in total. The molecule has 2 rings (SSSR count). The van der Waals surface area contributed by atoms with Gasteiger partial charge in [0.25, 0.3) is 5.91 Å². The molecule has 0 spiro atoms. The molecule has 98 valence electrons. The monoisotopic (exact) mass is 275 g/mol. The van der Waals surface area contributed by atoms with Gasteiger partial charge in [-0.25, -0.2) is 0 Å². The Labute approximate surface area is 116 Å². The number of hydrogen-bond donors (Lipinski definition) is 3. The van der Waals surface area contributed by atoms with E-state index in [-0.39, 0.29) is 0 Å². The maximum atomic E-state index is 11.4. The summed E-state index contributed by atoms with van der Waals surface area (Å²) in [5.41, 5.74) is 14.2. The molecule has 1 amide bonds. The maximum Gasteiger partial charge on any atom is 0.250 e. The second-order valence-electron chi connectivity index (χ2n) is 4.26. The quantitative estimate of drug-likeness (QED) is 0.753. The van der Waals surface area contributed by atoms with Crippen LogP contribution in [0.25, 0.3) is 0 Å². The number of amides is 1. The maximum absolute atomic E-state index is 11.4. The number of nitrogen functional groups attached to an aromatic ring is 1. The Morgan fingerprint density at radius 3 is 2.58 bits per heavy atom. The fraction of sp³-hybridized carbons (Fsp3) is 0.0714. The van der Waals surface area contributed by atoms with Crippen LogP contribution in [0.2, 0.25) is 5.02 Å². The summed E-state index contributed by atoms with van der Waals surface area (Å²) in [6.07, 6.45) is 0. The molecule has 2 aromatic rings. The van der Waals surface area contributed by atoms with E-state index in [1.54, 1.807) is 24.3 Å². The van der Waals surface area contributed by atoms with Gasteiger partial charge in [-0.1, -0.05) is 17.7 Å². The van der Waals surface area contributed by atoms with Crippen LogP contribution >= 0.6 is 11.6 Å². The van der Waals surface area contributed by atoms with Gasteiger partial charge in [-0.15, -0.1) is 0 Å². The first-order valence-corrected chi connectivity index (χ1v) is 6.07. The molecule has 0 aliphatic heterocycles. The lowest BCUT2D eigenvalue weighted by Crippen LogP contribution is -2.13. The summed E-state index contributed by atoms with van der Waals surface area (Å²) in [6, 6.07) is 10.5. The van der Waals surface area contributed by atoms with E-state index in [0.29, 0.717) is 22.0 Å². The van der Waals surface area contributed by atoms with E-state index < -0.39 is 5.91 Å². The molecule has 0 fully saturated rings. The Bertz CT molecular complexity index is 641. The molecular formula is C14H14ClN3O. The zero-order valence-corrected chi connectivity index (χ0v) is 11.2. The van der Waals surface area contributed by atoms with Crippen molar-refractivity contribution in [1.82, 2.24) is 0 Å². The number of nitrogens with one attached hydrogen (secondary N) is 1. The highest BCUT2D eigenvalue weighted by Gasteiger charge is 2.09. The minimum atomic E-state index is -0.534. The highest BCUT2D eigenvalue weighted by molar-refractivity contribution is 6.31. The number of rotatable bonds is 3. The minimum absolute atomic E-state index is 0.344. The van der Waals surface area contributed by atoms with Crippen molar-refractivity contribution in [3.8, 4) is 0 Å². The summed E-state index contributed by atoms with van der Waals surface area (Å²) in [6.45, 7) is 1.92. The predicted octanol–water partition coefficient (Wildman–Crippen LogP) is 3.07. The number of hydrogen-bond acceptors (Lipinski definition) is 3. The molecule has 19 heavy (non-hydrogen) atoms. The van der Waals surface area contributed by atoms with E-state index in [9.17, 15) is 4.79 Å². The molecule has 0 atom stereocenters. The third-order valence-electron chi connectivity index (χ3n) is 2.76. The van der Waals surface area contributed by atoms with Crippen LogP contribution in [0.4, 0.5) is 17.1 Å². The number of anilines is 3. The smallest absolute Gasteiger partial charge is 0.250 e. The molecule has 5 heteroatoms. The fourth-order valence-corrected chi connectivity index (χ4v) is 1.88. The summed E-state index contributed by atoms with van der Waals surface area (Å²) in [5.74, 6) is -0.534. The lowest BCUT2D eigenvalue weighted by molar-refractivity contribution is 0.100. The number of aryl methyl sites for hydroxylation is 1. The molecule has 0 saturated heterocycles. The number of carbonyl (C=O) groups excluding carboxylic acids is 1. The standard InChI is InChI=1S/C14H14ClN3O/c1-8-2-4-10(7-12(8)15)18-13-5-3-9(16)6-11(13)14(17)19/h2-7,18H,16H2,1H3,(H2,17,19). The van der Waals surface area contributed by atoms with Crippen molar-refractivity contribution >= 4 is 34.6 Å². The van der Waals surface area contributed by atoms with Crippen LogP contribution in [0.15, 0.2) is 36.4 Å². The van der Waals surface area contributed by atoms with Gasteiger partial charge in [0.1, 0.15) is 0 Å². The summed E-state index contributed by atoms with van der Waals surface area (Å²) in [4.78, 5) is 11.4. The summed E-state index contributed by atoms with van der Waals surface area (Å²) < 4.78 is 0. The molecule has 4 nitrogen and oxygen atoms in total. The molecule has 0 saturated carbocycles. The van der Waals surface area contributed by atoms with Gasteiger partial charge in [-0.3, -0.25) is 4.79 Å². The Morgan fingerprint density at radius 2 is 1.95 bits per heavy atom. The van der Waals surface area contributed by atoms with Crippen LogP contribution in [-0.4, -0.2) is 5.91 Å². The molecular weight excluding hydrogens is 262 g/mol. The van der Waals surface area contributed by atoms with Crippen molar-refractivity contribution in [3.63, 3.8) is 0 Å². The van der Waals surface area contributed by atoms with Crippen molar-refractivity contribution in [2.75, 3.05) is 11.1 Å². The normalized spacial score (nSPS) is 10.2. The molecule has 0 aliphatic rings. The van der Waals surface area contributed by atoms with Crippen LogP contribution in [0, 0.1) is 6.92 Å². The predicted molar refractivity (Wildman–Crippen MR) is 78.8 cm³/mol. The first-order chi connectivity index (χ1) is 8.97. The fourth-order valence-electron chi connectivity index (χ4n) is 1.70. The minimum Gasteiger partial charge on any atom is -0.399 e. The van der Waals surface area contributed by atoms with Crippen molar-refractivity contribution in [2.45, 2.75) is 6.92 Å². The van der Waals surface area contributed by atoms with Gasteiger partial charge in [0.05, 0.1) is 11.3 Å². The lowest BCUT2D eigenvalue weighted by atomic mass is 10.1. The van der Waals surface area contributed by atoms with Crippen LogP contribution in [0.3, 0.4) is 0 Å². The molecule has 0 radical (unpaired) electrons. The molecule has 2 aromatic carbocycles. The summed E-state index contributed by atoms with van der Waals surface area (Å²) in [7, 11) is 0. The van der Waals surface area contributed by atoms with Gasteiger partial charge >= 0.3 is 0 Å². The number of nitrogens with two attached hydrogens (primary N) is 2. The van der Waals surface area contributed by atoms with E-state index in [1.807, 2.05) is 19.1 Å². The topological polar surface area (TPSA) is 81.1 Å². The van der Waals surface area contributed by atoms with Gasteiger partial charge in [0.15, 0.2) is 0 Å². The molecule has 0 aliphatic carbocycles. The Kier molecular flexibility index (Phi) is 3.62. The number of halogens is 1. The Morgan fingerprint density at radius 1 is 1.21 bits per heavy atom. The highest BCUT2D eigenvalue weighted by atomic mass is 35.5. The SMILES string of the molecule is Cc1ccc(Nc2ccc(N)cc2C(N)=O)cc1Cl. The van der Waals surface area contributed by atoms with Crippen LogP contribution in [0.1, 0.15) is 15.9 Å². The third-order valence-corrected chi connectivity index (χ3v) is 3.17. The average Bonchev–Trinajstić information content (AvgIpc) is 2.36. The van der Waals surface area contributed by atoms with Gasteiger partial charge in [-0.05, 0) is 42.8 Å². The molecule has 0 aromatic heterocycles. The Hall–Kier alpha value is -2.20. The zero-order valence-electron chi connectivity index (χ0n) is 10.4. The lowest BCUT2D eigenvalue weighted by Gasteiger charge is -2.11. The highest BCUT2D eigenvalue weighted by Crippen LogP contribution is 2.26. The first kappa shape index (κ1) is 13.2. The largest absolute Gasteiger partial charge is 0.399 e. The summed E-state index contributed by atoms with van der Waals surface area (Å²) in [5, 5.41) is 3.76.